The molecule has 1 fully saturated rings. The highest BCUT2D eigenvalue weighted by Gasteiger charge is 2.31. The Labute approximate surface area is 108 Å². The standard InChI is InChI=1S/C14H20N2O2/c1-8-4-5-11(15)12(10(8)3)16-14(17)13-9(2)6-7-18-13/h4-5,9,13H,6-7,15H2,1-3H3,(H,16,17). The van der Waals surface area contributed by atoms with Gasteiger partial charge in [0.05, 0.1) is 11.4 Å². The lowest BCUT2D eigenvalue weighted by Crippen LogP contribution is -2.31. The van der Waals surface area contributed by atoms with Gasteiger partial charge in [-0.05, 0) is 43.4 Å². The number of rotatable bonds is 2. The zero-order chi connectivity index (χ0) is 13.3. The van der Waals surface area contributed by atoms with Crippen LogP contribution in [0.5, 0.6) is 0 Å². The van der Waals surface area contributed by atoms with Crippen molar-refractivity contribution < 1.29 is 9.53 Å². The molecular formula is C14H20N2O2. The summed E-state index contributed by atoms with van der Waals surface area (Å²) in [4.78, 5) is 12.1. The summed E-state index contributed by atoms with van der Waals surface area (Å²) in [6.45, 7) is 6.64. The summed E-state index contributed by atoms with van der Waals surface area (Å²) < 4.78 is 5.46. The molecular weight excluding hydrogens is 228 g/mol. The fourth-order valence-corrected chi connectivity index (χ4v) is 2.23. The van der Waals surface area contributed by atoms with Crippen molar-refractivity contribution in [2.45, 2.75) is 33.3 Å². The molecule has 1 aliphatic heterocycles. The number of hydrogen-bond acceptors (Lipinski definition) is 3. The molecule has 0 bridgehead atoms. The number of hydrogen-bond donors (Lipinski definition) is 2. The Morgan fingerprint density at radius 2 is 2.17 bits per heavy atom. The van der Waals surface area contributed by atoms with E-state index in [9.17, 15) is 4.79 Å². The molecule has 0 spiro atoms. The lowest BCUT2D eigenvalue weighted by molar-refractivity contribution is -0.126. The normalized spacial score (nSPS) is 23.1. The van der Waals surface area contributed by atoms with E-state index in [1.165, 1.54) is 0 Å². The SMILES string of the molecule is Cc1ccc(N)c(NC(=O)C2OCCC2C)c1C. The molecule has 1 amide bonds. The average molecular weight is 248 g/mol. The summed E-state index contributed by atoms with van der Waals surface area (Å²) in [7, 11) is 0. The molecule has 4 heteroatoms. The predicted octanol–water partition coefficient (Wildman–Crippen LogP) is 2.25. The van der Waals surface area contributed by atoms with Crippen molar-refractivity contribution in [3.8, 4) is 0 Å². The number of benzene rings is 1. The third-order valence-electron chi connectivity index (χ3n) is 3.66. The Balaban J connectivity index is 2.19. The van der Waals surface area contributed by atoms with Gasteiger partial charge in [0.15, 0.2) is 0 Å². The molecule has 1 aromatic rings. The summed E-state index contributed by atoms with van der Waals surface area (Å²) in [5.74, 6) is 0.164. The van der Waals surface area contributed by atoms with Crippen LogP contribution in [0.25, 0.3) is 0 Å². The van der Waals surface area contributed by atoms with Crippen LogP contribution < -0.4 is 11.1 Å². The average Bonchev–Trinajstić information content (AvgIpc) is 2.76. The summed E-state index contributed by atoms with van der Waals surface area (Å²) >= 11 is 0. The number of nitrogens with one attached hydrogen (secondary N) is 1. The van der Waals surface area contributed by atoms with Gasteiger partial charge in [-0.3, -0.25) is 4.79 Å². The Morgan fingerprint density at radius 3 is 2.78 bits per heavy atom. The molecule has 0 radical (unpaired) electrons. The minimum atomic E-state index is -0.357. The molecule has 2 rings (SSSR count). The second-order valence-corrected chi connectivity index (χ2v) is 5.02. The maximum absolute atomic E-state index is 12.1. The molecule has 1 aliphatic rings. The molecule has 0 aliphatic carbocycles. The van der Waals surface area contributed by atoms with Crippen molar-refractivity contribution in [2.75, 3.05) is 17.7 Å². The van der Waals surface area contributed by atoms with Crippen molar-refractivity contribution in [3.05, 3.63) is 23.3 Å². The van der Waals surface area contributed by atoms with E-state index in [1.54, 1.807) is 0 Å². The van der Waals surface area contributed by atoms with Crippen LogP contribution in [0.1, 0.15) is 24.5 Å². The lowest BCUT2D eigenvalue weighted by atomic mass is 10.0. The Morgan fingerprint density at radius 1 is 1.44 bits per heavy atom. The highest BCUT2D eigenvalue weighted by atomic mass is 16.5. The number of aryl methyl sites for hydroxylation is 1. The first-order valence-electron chi connectivity index (χ1n) is 6.29. The Bertz CT molecular complexity index is 471. The third kappa shape index (κ3) is 2.34. The molecule has 0 saturated carbocycles. The molecule has 4 nitrogen and oxygen atoms in total. The number of ether oxygens (including phenoxy) is 1. The van der Waals surface area contributed by atoms with Crippen molar-refractivity contribution in [1.29, 1.82) is 0 Å². The molecule has 1 aromatic carbocycles. The van der Waals surface area contributed by atoms with Gasteiger partial charge in [0.2, 0.25) is 0 Å². The van der Waals surface area contributed by atoms with Gasteiger partial charge in [0.1, 0.15) is 6.10 Å². The predicted molar refractivity (Wildman–Crippen MR) is 72.5 cm³/mol. The minimum Gasteiger partial charge on any atom is -0.397 e. The summed E-state index contributed by atoms with van der Waals surface area (Å²) in [5, 5.41) is 2.90. The number of anilines is 2. The third-order valence-corrected chi connectivity index (χ3v) is 3.66. The fourth-order valence-electron chi connectivity index (χ4n) is 2.23. The maximum Gasteiger partial charge on any atom is 0.253 e. The monoisotopic (exact) mass is 248 g/mol. The Hall–Kier alpha value is -1.55. The zero-order valence-corrected chi connectivity index (χ0v) is 11.1. The summed E-state index contributed by atoms with van der Waals surface area (Å²) in [6.07, 6.45) is 0.574. The van der Waals surface area contributed by atoms with Gasteiger partial charge in [-0.2, -0.15) is 0 Å². The van der Waals surface area contributed by atoms with Gasteiger partial charge in [0, 0.05) is 6.61 Å². The second-order valence-electron chi connectivity index (χ2n) is 5.02. The molecule has 1 saturated heterocycles. The van der Waals surface area contributed by atoms with Crippen LogP contribution in [-0.2, 0) is 9.53 Å². The Kier molecular flexibility index (Phi) is 3.57. The topological polar surface area (TPSA) is 64.3 Å². The molecule has 1 heterocycles. The van der Waals surface area contributed by atoms with E-state index in [2.05, 4.69) is 5.32 Å². The molecule has 3 N–H and O–H groups in total. The summed E-state index contributed by atoms with van der Waals surface area (Å²) in [6, 6.07) is 3.77. The number of amides is 1. The highest BCUT2D eigenvalue weighted by molar-refractivity contribution is 5.98. The quantitative estimate of drug-likeness (QED) is 0.789. The maximum atomic E-state index is 12.1. The van der Waals surface area contributed by atoms with Crippen molar-refractivity contribution in [3.63, 3.8) is 0 Å². The van der Waals surface area contributed by atoms with Gasteiger partial charge in [-0.15, -0.1) is 0 Å². The smallest absolute Gasteiger partial charge is 0.253 e. The summed E-state index contributed by atoms with van der Waals surface area (Å²) in [5.41, 5.74) is 9.34. The molecule has 2 atom stereocenters. The van der Waals surface area contributed by atoms with Crippen LogP contribution in [0.2, 0.25) is 0 Å². The second kappa shape index (κ2) is 4.98. The van der Waals surface area contributed by atoms with Crippen LogP contribution in [0.3, 0.4) is 0 Å². The van der Waals surface area contributed by atoms with Crippen LogP contribution >= 0.6 is 0 Å². The number of carbonyl (C=O) groups excluding carboxylic acids is 1. The number of nitrogen functional groups attached to an aromatic ring is 1. The molecule has 98 valence electrons. The van der Waals surface area contributed by atoms with E-state index in [0.29, 0.717) is 18.0 Å². The zero-order valence-electron chi connectivity index (χ0n) is 11.1. The molecule has 0 aromatic heterocycles. The minimum absolute atomic E-state index is 0.0969. The largest absolute Gasteiger partial charge is 0.397 e. The van der Waals surface area contributed by atoms with E-state index in [4.69, 9.17) is 10.5 Å². The van der Waals surface area contributed by atoms with Gasteiger partial charge in [-0.25, -0.2) is 0 Å². The van der Waals surface area contributed by atoms with Crippen molar-refractivity contribution >= 4 is 17.3 Å². The fraction of sp³-hybridized carbons (Fsp3) is 0.500. The van der Waals surface area contributed by atoms with E-state index < -0.39 is 0 Å². The van der Waals surface area contributed by atoms with Gasteiger partial charge < -0.3 is 15.8 Å². The van der Waals surface area contributed by atoms with E-state index in [-0.39, 0.29) is 17.9 Å². The van der Waals surface area contributed by atoms with Gasteiger partial charge >= 0.3 is 0 Å². The van der Waals surface area contributed by atoms with Crippen LogP contribution in [0.15, 0.2) is 12.1 Å². The van der Waals surface area contributed by atoms with Crippen molar-refractivity contribution in [1.82, 2.24) is 0 Å². The molecule has 2 unspecified atom stereocenters. The number of carbonyl (C=O) groups is 1. The van der Waals surface area contributed by atoms with E-state index >= 15 is 0 Å². The van der Waals surface area contributed by atoms with Gasteiger partial charge in [-0.1, -0.05) is 13.0 Å². The highest BCUT2D eigenvalue weighted by Crippen LogP contribution is 2.28. The number of nitrogens with two attached hydrogens (primary N) is 1. The van der Waals surface area contributed by atoms with E-state index in [1.807, 2.05) is 32.9 Å². The van der Waals surface area contributed by atoms with E-state index in [0.717, 1.165) is 17.5 Å². The molecule has 18 heavy (non-hydrogen) atoms. The van der Waals surface area contributed by atoms with Crippen molar-refractivity contribution in [2.24, 2.45) is 5.92 Å². The van der Waals surface area contributed by atoms with Crippen LogP contribution in [0.4, 0.5) is 11.4 Å². The lowest BCUT2D eigenvalue weighted by Gasteiger charge is -2.18. The van der Waals surface area contributed by atoms with Crippen LogP contribution in [0, 0.1) is 19.8 Å². The van der Waals surface area contributed by atoms with Crippen LogP contribution in [-0.4, -0.2) is 18.6 Å². The first-order valence-corrected chi connectivity index (χ1v) is 6.29. The first-order chi connectivity index (χ1) is 8.50. The van der Waals surface area contributed by atoms with Gasteiger partial charge in [0.25, 0.3) is 5.91 Å². The first kappa shape index (κ1) is 12.9.